The number of halogens is 1. The predicted octanol–water partition coefficient (Wildman–Crippen LogP) is 2.33. The van der Waals surface area contributed by atoms with Crippen LogP contribution in [0.1, 0.15) is 21.7 Å². The minimum atomic E-state index is 0.103. The highest BCUT2D eigenvalue weighted by atomic mass is 127. The van der Waals surface area contributed by atoms with Gasteiger partial charge in [0, 0.05) is 30.2 Å². The van der Waals surface area contributed by atoms with E-state index < -0.39 is 0 Å². The lowest BCUT2D eigenvalue weighted by atomic mass is 10.1. The molecule has 0 spiro atoms. The SMILES string of the molecule is Cc1cc(C(=O)Cn2cc(I)cn2)c(C)n1C. The van der Waals surface area contributed by atoms with E-state index in [0.717, 1.165) is 20.5 Å². The molecule has 0 N–H and O–H groups in total. The predicted molar refractivity (Wildman–Crippen MR) is 74.2 cm³/mol. The Labute approximate surface area is 114 Å². The molecule has 2 rings (SSSR count). The normalized spacial score (nSPS) is 10.8. The maximum atomic E-state index is 12.1. The molecule has 0 amide bonds. The summed E-state index contributed by atoms with van der Waals surface area (Å²) in [7, 11) is 1.97. The van der Waals surface area contributed by atoms with E-state index in [4.69, 9.17) is 0 Å². The van der Waals surface area contributed by atoms with Gasteiger partial charge in [-0.3, -0.25) is 9.48 Å². The summed E-state index contributed by atoms with van der Waals surface area (Å²) < 4.78 is 4.74. The molecule has 0 aliphatic heterocycles. The van der Waals surface area contributed by atoms with Crippen LogP contribution in [0.2, 0.25) is 0 Å². The summed E-state index contributed by atoms with van der Waals surface area (Å²) in [5.74, 6) is 0.103. The fourth-order valence-electron chi connectivity index (χ4n) is 1.79. The third-order valence-corrected chi connectivity index (χ3v) is 3.54. The van der Waals surface area contributed by atoms with Gasteiger partial charge in [-0.25, -0.2) is 0 Å². The second-order valence-corrected chi connectivity index (χ2v) is 5.37. The third-order valence-electron chi connectivity index (χ3n) is 2.98. The van der Waals surface area contributed by atoms with Crippen molar-refractivity contribution in [3.8, 4) is 0 Å². The van der Waals surface area contributed by atoms with Crippen LogP contribution < -0.4 is 0 Å². The van der Waals surface area contributed by atoms with Crippen molar-refractivity contribution in [3.05, 3.63) is 39.0 Å². The van der Waals surface area contributed by atoms with E-state index in [9.17, 15) is 4.79 Å². The Morgan fingerprint density at radius 3 is 2.65 bits per heavy atom. The molecule has 0 saturated carbocycles. The van der Waals surface area contributed by atoms with Crippen LogP contribution in [0.25, 0.3) is 0 Å². The molecule has 5 heteroatoms. The van der Waals surface area contributed by atoms with Crippen molar-refractivity contribution < 1.29 is 4.79 Å². The Kier molecular flexibility index (Phi) is 3.37. The molecule has 0 aliphatic carbocycles. The number of aromatic nitrogens is 3. The van der Waals surface area contributed by atoms with E-state index in [2.05, 4.69) is 27.7 Å². The third kappa shape index (κ3) is 2.43. The minimum absolute atomic E-state index is 0.103. The number of nitrogens with zero attached hydrogens (tertiary/aromatic N) is 3. The Hall–Kier alpha value is -1.11. The highest BCUT2D eigenvalue weighted by Gasteiger charge is 2.14. The number of Topliss-reactive ketones (excluding diaryl/α,β-unsaturated/α-hetero) is 1. The largest absolute Gasteiger partial charge is 0.351 e. The summed E-state index contributed by atoms with van der Waals surface area (Å²) >= 11 is 2.18. The molecule has 0 aromatic carbocycles. The van der Waals surface area contributed by atoms with Crippen molar-refractivity contribution in [2.75, 3.05) is 0 Å². The van der Waals surface area contributed by atoms with Gasteiger partial charge in [0.1, 0.15) is 6.54 Å². The molecule has 0 saturated heterocycles. The number of hydrogen-bond donors (Lipinski definition) is 0. The zero-order chi connectivity index (χ0) is 12.6. The molecule has 0 unspecified atom stereocenters. The highest BCUT2D eigenvalue weighted by Crippen LogP contribution is 2.14. The number of carbonyl (C=O) groups is 1. The van der Waals surface area contributed by atoms with Crippen LogP contribution >= 0.6 is 22.6 Å². The number of rotatable bonds is 3. The van der Waals surface area contributed by atoms with E-state index in [1.807, 2.05) is 37.7 Å². The van der Waals surface area contributed by atoms with E-state index in [-0.39, 0.29) is 5.78 Å². The lowest BCUT2D eigenvalue weighted by Gasteiger charge is -2.02. The second-order valence-electron chi connectivity index (χ2n) is 4.12. The molecule has 90 valence electrons. The second kappa shape index (κ2) is 4.64. The van der Waals surface area contributed by atoms with Crippen LogP contribution in [0.15, 0.2) is 18.5 Å². The molecule has 4 nitrogen and oxygen atoms in total. The first-order valence-corrected chi connectivity index (χ1v) is 6.41. The summed E-state index contributed by atoms with van der Waals surface area (Å²) in [6, 6.07) is 1.94. The molecular weight excluding hydrogens is 329 g/mol. The number of carbonyl (C=O) groups excluding carboxylic acids is 1. The topological polar surface area (TPSA) is 39.8 Å². The van der Waals surface area contributed by atoms with Gasteiger partial charge in [0.05, 0.1) is 9.77 Å². The molecule has 0 fully saturated rings. The van der Waals surface area contributed by atoms with E-state index in [1.54, 1.807) is 10.9 Å². The van der Waals surface area contributed by atoms with Crippen molar-refractivity contribution in [3.63, 3.8) is 0 Å². The first kappa shape index (κ1) is 12.3. The zero-order valence-corrected chi connectivity index (χ0v) is 12.2. The molecule has 17 heavy (non-hydrogen) atoms. The van der Waals surface area contributed by atoms with Crippen molar-refractivity contribution in [2.45, 2.75) is 20.4 Å². The molecule has 0 atom stereocenters. The first-order valence-electron chi connectivity index (χ1n) is 5.33. The average Bonchev–Trinajstić information content (AvgIpc) is 2.78. The van der Waals surface area contributed by atoms with Gasteiger partial charge in [-0.1, -0.05) is 0 Å². The summed E-state index contributed by atoms with van der Waals surface area (Å²) in [6.45, 7) is 4.26. The molecular formula is C12H14IN3O. The Bertz CT molecular complexity index is 568. The lowest BCUT2D eigenvalue weighted by molar-refractivity contribution is 0.0967. The van der Waals surface area contributed by atoms with Crippen molar-refractivity contribution in [2.24, 2.45) is 7.05 Å². The highest BCUT2D eigenvalue weighted by molar-refractivity contribution is 14.1. The summed E-state index contributed by atoms with van der Waals surface area (Å²) in [6.07, 6.45) is 3.61. The quantitative estimate of drug-likeness (QED) is 0.634. The van der Waals surface area contributed by atoms with Gasteiger partial charge in [0.15, 0.2) is 5.78 Å². The van der Waals surface area contributed by atoms with Crippen LogP contribution in [0.3, 0.4) is 0 Å². The summed E-state index contributed by atoms with van der Waals surface area (Å²) in [4.78, 5) is 12.1. The summed E-state index contributed by atoms with van der Waals surface area (Å²) in [5.41, 5.74) is 2.89. The van der Waals surface area contributed by atoms with Crippen LogP contribution in [-0.4, -0.2) is 20.1 Å². The molecule has 2 aromatic heterocycles. The average molecular weight is 343 g/mol. The Morgan fingerprint density at radius 1 is 1.47 bits per heavy atom. The minimum Gasteiger partial charge on any atom is -0.351 e. The first-order chi connectivity index (χ1) is 7.99. The number of hydrogen-bond acceptors (Lipinski definition) is 2. The molecule has 0 bridgehead atoms. The van der Waals surface area contributed by atoms with E-state index >= 15 is 0 Å². The molecule has 0 radical (unpaired) electrons. The van der Waals surface area contributed by atoms with Gasteiger partial charge in [-0.05, 0) is 42.5 Å². The molecule has 0 aliphatic rings. The van der Waals surface area contributed by atoms with E-state index in [1.165, 1.54) is 0 Å². The van der Waals surface area contributed by atoms with Gasteiger partial charge >= 0.3 is 0 Å². The van der Waals surface area contributed by atoms with Gasteiger partial charge in [0.2, 0.25) is 0 Å². The Balaban J connectivity index is 2.23. The smallest absolute Gasteiger partial charge is 0.186 e. The standard InChI is InChI=1S/C12H14IN3O/c1-8-4-11(9(2)15(8)3)12(17)7-16-6-10(13)5-14-16/h4-6H,7H2,1-3H3. The van der Waals surface area contributed by atoms with Crippen LogP contribution in [0.4, 0.5) is 0 Å². The van der Waals surface area contributed by atoms with Crippen LogP contribution in [-0.2, 0) is 13.6 Å². The van der Waals surface area contributed by atoms with Crippen molar-refractivity contribution >= 4 is 28.4 Å². The number of ketones is 1. The maximum absolute atomic E-state index is 12.1. The fourth-order valence-corrected chi connectivity index (χ4v) is 2.24. The summed E-state index contributed by atoms with van der Waals surface area (Å²) in [5, 5.41) is 4.12. The molecule has 2 aromatic rings. The van der Waals surface area contributed by atoms with E-state index in [0.29, 0.717) is 6.54 Å². The Morgan fingerprint density at radius 2 is 2.18 bits per heavy atom. The van der Waals surface area contributed by atoms with Gasteiger partial charge in [-0.15, -0.1) is 0 Å². The van der Waals surface area contributed by atoms with Gasteiger partial charge in [-0.2, -0.15) is 5.10 Å². The maximum Gasteiger partial charge on any atom is 0.186 e. The monoisotopic (exact) mass is 343 g/mol. The molecule has 2 heterocycles. The van der Waals surface area contributed by atoms with Crippen LogP contribution in [0, 0.1) is 17.4 Å². The van der Waals surface area contributed by atoms with Gasteiger partial charge < -0.3 is 4.57 Å². The van der Waals surface area contributed by atoms with Crippen molar-refractivity contribution in [1.29, 1.82) is 0 Å². The van der Waals surface area contributed by atoms with Gasteiger partial charge in [0.25, 0.3) is 0 Å². The van der Waals surface area contributed by atoms with Crippen LogP contribution in [0.5, 0.6) is 0 Å². The number of aryl methyl sites for hydroxylation is 1. The fraction of sp³-hybridized carbons (Fsp3) is 0.333. The lowest BCUT2D eigenvalue weighted by Crippen LogP contribution is -2.11. The van der Waals surface area contributed by atoms with Crippen molar-refractivity contribution in [1.82, 2.24) is 14.3 Å². The zero-order valence-electron chi connectivity index (χ0n) is 10.1.